The Hall–Kier alpha value is -0.950. The summed E-state index contributed by atoms with van der Waals surface area (Å²) in [5.41, 5.74) is 7.20. The lowest BCUT2D eigenvalue weighted by molar-refractivity contribution is 0.173. The quantitative estimate of drug-likeness (QED) is 0.746. The van der Waals surface area contributed by atoms with Crippen molar-refractivity contribution in [3.63, 3.8) is 0 Å². The Morgan fingerprint density at radius 3 is 2.47 bits per heavy atom. The van der Waals surface area contributed by atoms with Gasteiger partial charge in [0.1, 0.15) is 0 Å². The molecule has 0 fully saturated rings. The molecule has 0 heterocycles. The summed E-state index contributed by atoms with van der Waals surface area (Å²) in [6.45, 7) is 2.62. The minimum Gasteiger partial charge on any atom is -0.383 e. The van der Waals surface area contributed by atoms with Gasteiger partial charge in [0, 0.05) is 19.7 Å². The molecule has 0 aliphatic rings. The monoisotopic (exact) mass is 286 g/mol. The molecule has 1 aromatic rings. The Bertz CT molecular complexity index is 488. The van der Waals surface area contributed by atoms with E-state index in [2.05, 4.69) is 4.72 Å². The van der Waals surface area contributed by atoms with E-state index in [1.54, 1.807) is 13.2 Å². The third-order valence-corrected chi connectivity index (χ3v) is 4.27. The molecule has 0 spiro atoms. The predicted molar refractivity (Wildman–Crippen MR) is 76.0 cm³/mol. The molecule has 0 saturated heterocycles. The van der Waals surface area contributed by atoms with Gasteiger partial charge in [-0.2, -0.15) is 0 Å². The lowest BCUT2D eigenvalue weighted by Gasteiger charge is -2.16. The van der Waals surface area contributed by atoms with Crippen molar-refractivity contribution in [3.8, 4) is 0 Å². The zero-order chi connectivity index (χ0) is 14.3. The van der Waals surface area contributed by atoms with Crippen molar-refractivity contribution in [1.82, 2.24) is 4.72 Å². The summed E-state index contributed by atoms with van der Waals surface area (Å²) < 4.78 is 31.8. The van der Waals surface area contributed by atoms with Crippen LogP contribution in [0.5, 0.6) is 0 Å². The van der Waals surface area contributed by atoms with E-state index in [0.29, 0.717) is 19.6 Å². The second-order valence-electron chi connectivity index (χ2n) is 4.41. The van der Waals surface area contributed by atoms with Crippen LogP contribution in [-0.4, -0.2) is 28.2 Å². The van der Waals surface area contributed by atoms with E-state index in [4.69, 9.17) is 10.5 Å². The number of nitrogens with one attached hydrogen (secondary N) is 1. The molecular weight excluding hydrogens is 264 g/mol. The molecule has 3 N–H and O–H groups in total. The van der Waals surface area contributed by atoms with Crippen LogP contribution in [0.25, 0.3) is 0 Å². The molecule has 1 rings (SSSR count). The van der Waals surface area contributed by atoms with Gasteiger partial charge >= 0.3 is 0 Å². The number of sulfonamides is 1. The Morgan fingerprint density at radius 2 is 1.95 bits per heavy atom. The first-order valence-corrected chi connectivity index (χ1v) is 7.93. The predicted octanol–water partition coefficient (Wildman–Crippen LogP) is 0.990. The van der Waals surface area contributed by atoms with Crippen LogP contribution >= 0.6 is 0 Å². The number of ether oxygens (including phenoxy) is 1. The van der Waals surface area contributed by atoms with Crippen LogP contribution in [-0.2, 0) is 27.1 Å². The van der Waals surface area contributed by atoms with Gasteiger partial charge in [0.2, 0.25) is 10.0 Å². The first-order chi connectivity index (χ1) is 9.02. The molecule has 0 bridgehead atoms. The molecule has 0 aliphatic carbocycles. The van der Waals surface area contributed by atoms with Crippen molar-refractivity contribution in [2.45, 2.75) is 31.7 Å². The second-order valence-corrected chi connectivity index (χ2v) is 6.16. The maximum absolute atomic E-state index is 12.1. The third-order valence-electron chi connectivity index (χ3n) is 2.89. The number of hydrogen-bond acceptors (Lipinski definition) is 4. The van der Waals surface area contributed by atoms with Crippen LogP contribution in [0.4, 0.5) is 0 Å². The molecule has 0 aliphatic heterocycles. The minimum atomic E-state index is -3.39. The molecule has 5 nitrogen and oxygen atoms in total. The Kier molecular flexibility index (Phi) is 6.44. The highest BCUT2D eigenvalue weighted by Crippen LogP contribution is 2.12. The van der Waals surface area contributed by atoms with Crippen LogP contribution in [0, 0.1) is 0 Å². The normalized spacial score (nSPS) is 13.4. The van der Waals surface area contributed by atoms with Gasteiger partial charge in [0.05, 0.1) is 12.4 Å². The van der Waals surface area contributed by atoms with Crippen molar-refractivity contribution in [3.05, 3.63) is 35.4 Å². The molecule has 1 unspecified atom stereocenters. The molecule has 6 heteroatoms. The molecule has 0 radical (unpaired) electrons. The van der Waals surface area contributed by atoms with Gasteiger partial charge < -0.3 is 10.5 Å². The van der Waals surface area contributed by atoms with Gasteiger partial charge in [0.15, 0.2) is 0 Å². The van der Waals surface area contributed by atoms with E-state index >= 15 is 0 Å². The van der Waals surface area contributed by atoms with Gasteiger partial charge in [-0.3, -0.25) is 0 Å². The first kappa shape index (κ1) is 16.1. The number of hydrogen-bond donors (Lipinski definition) is 2. The summed E-state index contributed by atoms with van der Waals surface area (Å²) in [4.78, 5) is 0. The Labute approximate surface area is 115 Å². The average molecular weight is 286 g/mol. The average Bonchev–Trinajstić information content (AvgIpc) is 2.38. The van der Waals surface area contributed by atoms with Crippen LogP contribution in [0.3, 0.4) is 0 Å². The molecule has 1 aromatic carbocycles. The van der Waals surface area contributed by atoms with Gasteiger partial charge in [-0.15, -0.1) is 0 Å². The summed E-state index contributed by atoms with van der Waals surface area (Å²) in [6.07, 6.45) is 0.686. The van der Waals surface area contributed by atoms with Gasteiger partial charge in [0.25, 0.3) is 0 Å². The van der Waals surface area contributed by atoms with E-state index in [1.807, 2.05) is 25.1 Å². The minimum absolute atomic E-state index is 0.0550. The zero-order valence-corrected chi connectivity index (χ0v) is 12.2. The van der Waals surface area contributed by atoms with Crippen molar-refractivity contribution < 1.29 is 13.2 Å². The van der Waals surface area contributed by atoms with Gasteiger partial charge in [-0.05, 0) is 17.5 Å². The first-order valence-electron chi connectivity index (χ1n) is 6.28. The highest BCUT2D eigenvalue weighted by atomic mass is 32.2. The van der Waals surface area contributed by atoms with Gasteiger partial charge in [-0.25, -0.2) is 13.1 Å². The van der Waals surface area contributed by atoms with E-state index in [-0.39, 0.29) is 11.8 Å². The van der Waals surface area contributed by atoms with Crippen molar-refractivity contribution in [2.75, 3.05) is 13.7 Å². The fourth-order valence-corrected chi connectivity index (χ4v) is 3.35. The standard InChI is InChI=1S/C13H22N2O3S/c1-3-13(9-18-2)15-19(16,17)10-12-7-5-4-6-11(12)8-14/h4-7,13,15H,3,8-10,14H2,1-2H3. The smallest absolute Gasteiger partial charge is 0.216 e. The second kappa shape index (κ2) is 7.59. The van der Waals surface area contributed by atoms with Crippen LogP contribution in [0.2, 0.25) is 0 Å². The van der Waals surface area contributed by atoms with Crippen molar-refractivity contribution in [1.29, 1.82) is 0 Å². The lowest BCUT2D eigenvalue weighted by Crippen LogP contribution is -2.38. The third kappa shape index (κ3) is 5.28. The Balaban J connectivity index is 2.78. The molecule has 0 saturated carbocycles. The lowest BCUT2D eigenvalue weighted by atomic mass is 10.1. The Morgan fingerprint density at radius 1 is 1.32 bits per heavy atom. The van der Waals surface area contributed by atoms with E-state index < -0.39 is 10.0 Å². The summed E-state index contributed by atoms with van der Waals surface area (Å²) in [7, 11) is -1.83. The number of nitrogens with two attached hydrogens (primary N) is 1. The van der Waals surface area contributed by atoms with Crippen LogP contribution < -0.4 is 10.5 Å². The summed E-state index contributed by atoms with van der Waals surface area (Å²) in [5, 5.41) is 0. The van der Waals surface area contributed by atoms with Gasteiger partial charge in [-0.1, -0.05) is 31.2 Å². The SMILES string of the molecule is CCC(COC)NS(=O)(=O)Cc1ccccc1CN. The number of methoxy groups -OCH3 is 1. The zero-order valence-electron chi connectivity index (χ0n) is 11.4. The highest BCUT2D eigenvalue weighted by molar-refractivity contribution is 7.88. The maximum atomic E-state index is 12.1. The summed E-state index contributed by atoms with van der Waals surface area (Å²) in [6, 6.07) is 7.11. The van der Waals surface area contributed by atoms with Crippen LogP contribution in [0.15, 0.2) is 24.3 Å². The molecule has 0 amide bonds. The van der Waals surface area contributed by atoms with Crippen molar-refractivity contribution >= 4 is 10.0 Å². The van der Waals surface area contributed by atoms with E-state index in [0.717, 1.165) is 11.1 Å². The molecule has 108 valence electrons. The fourth-order valence-electron chi connectivity index (χ4n) is 1.83. The molecular formula is C13H22N2O3S. The number of rotatable bonds is 8. The van der Waals surface area contributed by atoms with E-state index in [1.165, 1.54) is 0 Å². The molecule has 19 heavy (non-hydrogen) atoms. The van der Waals surface area contributed by atoms with E-state index in [9.17, 15) is 8.42 Å². The molecule has 1 atom stereocenters. The maximum Gasteiger partial charge on any atom is 0.216 e. The summed E-state index contributed by atoms with van der Waals surface area (Å²) >= 11 is 0. The van der Waals surface area contributed by atoms with Crippen molar-refractivity contribution in [2.24, 2.45) is 5.73 Å². The molecule has 0 aromatic heterocycles. The summed E-state index contributed by atoms with van der Waals surface area (Å²) in [5.74, 6) is -0.0550. The fraction of sp³-hybridized carbons (Fsp3) is 0.538. The number of benzene rings is 1. The largest absolute Gasteiger partial charge is 0.383 e. The topological polar surface area (TPSA) is 81.4 Å². The van der Waals surface area contributed by atoms with Crippen LogP contribution in [0.1, 0.15) is 24.5 Å². The highest BCUT2D eigenvalue weighted by Gasteiger charge is 2.18.